The Balaban J connectivity index is 1.12. The van der Waals surface area contributed by atoms with Crippen LogP contribution in [0.4, 0.5) is 26.5 Å². The summed E-state index contributed by atoms with van der Waals surface area (Å²) in [7, 11) is 0. The van der Waals surface area contributed by atoms with Gasteiger partial charge in [-0.3, -0.25) is 0 Å². The van der Waals surface area contributed by atoms with Gasteiger partial charge in [0.1, 0.15) is 41.1 Å². The lowest BCUT2D eigenvalue weighted by atomic mass is 10.1. The van der Waals surface area contributed by atoms with Crippen LogP contribution in [0.1, 0.15) is 39.2 Å². The fourth-order valence-corrected chi connectivity index (χ4v) is 5.64. The fraction of sp³-hybridized carbons (Fsp3) is 0.375. The molecule has 7 rings (SSSR count). The van der Waals surface area contributed by atoms with Crippen molar-refractivity contribution in [3.8, 4) is 11.5 Å². The van der Waals surface area contributed by atoms with Crippen molar-refractivity contribution in [2.24, 2.45) is 5.92 Å². The molecule has 1 saturated carbocycles. The number of piperazine rings is 1. The third-order valence-electron chi connectivity index (χ3n) is 8.07. The number of carbonyl (C=O) groups excluding carboxylic acids is 1. The highest BCUT2D eigenvalue weighted by atomic mass is 19.1. The number of nitrogens with zero attached hydrogens (tertiary/aromatic N) is 8. The van der Waals surface area contributed by atoms with E-state index < -0.39 is 11.4 Å². The highest BCUT2D eigenvalue weighted by Gasteiger charge is 2.42. The van der Waals surface area contributed by atoms with Gasteiger partial charge in [-0.05, 0) is 76.8 Å². The van der Waals surface area contributed by atoms with Gasteiger partial charge in [0, 0.05) is 37.5 Å². The van der Waals surface area contributed by atoms with Crippen molar-refractivity contribution >= 4 is 40.1 Å². The Labute approximate surface area is 259 Å². The van der Waals surface area contributed by atoms with E-state index in [1.165, 1.54) is 12.7 Å². The largest absolute Gasteiger partial charge is 0.457 e. The highest BCUT2D eigenvalue weighted by Crippen LogP contribution is 2.39. The van der Waals surface area contributed by atoms with Gasteiger partial charge < -0.3 is 24.6 Å². The second kappa shape index (κ2) is 11.1. The van der Waals surface area contributed by atoms with E-state index in [2.05, 4.69) is 30.3 Å². The molecule has 1 aliphatic heterocycles. The zero-order valence-corrected chi connectivity index (χ0v) is 25.6. The molecule has 1 aromatic carbocycles. The van der Waals surface area contributed by atoms with Crippen molar-refractivity contribution in [1.82, 2.24) is 34.4 Å². The lowest BCUT2D eigenvalue weighted by Gasteiger charge is -2.42. The molecule has 45 heavy (non-hydrogen) atoms. The standard InChI is InChI=1S/C32H34FN9O3/c1-19-25(44-21-11-12-42-27(15-21)35-18-37-42)9-7-22(28(19)33)38-30-29-23(34-17-36-30)8-10-26(39-29)40-13-14-41(24(16-40)20-5-6-20)31(43)45-32(2,3)4/h7-12,15,17-18,20,24H,5-6,13-14,16H2,1-4H3,(H,34,36,38). The van der Waals surface area contributed by atoms with Crippen LogP contribution in [0.25, 0.3) is 16.7 Å². The van der Waals surface area contributed by atoms with Gasteiger partial charge in [-0.2, -0.15) is 5.10 Å². The minimum Gasteiger partial charge on any atom is -0.457 e. The van der Waals surface area contributed by atoms with Gasteiger partial charge in [0.05, 0.1) is 17.2 Å². The lowest BCUT2D eigenvalue weighted by Crippen LogP contribution is -2.57. The van der Waals surface area contributed by atoms with Crippen LogP contribution in [0, 0.1) is 18.7 Å². The summed E-state index contributed by atoms with van der Waals surface area (Å²) in [6.45, 7) is 9.12. The molecule has 232 valence electrons. The first-order chi connectivity index (χ1) is 21.6. The second-order valence-electron chi connectivity index (χ2n) is 12.5. The maximum Gasteiger partial charge on any atom is 0.410 e. The maximum absolute atomic E-state index is 15.7. The quantitative estimate of drug-likeness (QED) is 0.249. The number of hydrogen-bond acceptors (Lipinski definition) is 10. The van der Waals surface area contributed by atoms with Crippen LogP contribution >= 0.6 is 0 Å². The summed E-state index contributed by atoms with van der Waals surface area (Å²) in [6, 6.07) is 10.7. The third-order valence-corrected chi connectivity index (χ3v) is 8.07. The number of nitrogens with one attached hydrogen (secondary N) is 1. The first-order valence-electron chi connectivity index (χ1n) is 15.0. The molecule has 12 nitrogen and oxygen atoms in total. The van der Waals surface area contributed by atoms with E-state index in [1.807, 2.05) is 37.8 Å². The van der Waals surface area contributed by atoms with E-state index in [9.17, 15) is 4.79 Å². The first-order valence-corrected chi connectivity index (χ1v) is 15.0. The molecular weight excluding hydrogens is 577 g/mol. The van der Waals surface area contributed by atoms with Crippen molar-refractivity contribution in [2.45, 2.75) is 52.2 Å². The van der Waals surface area contributed by atoms with Crippen LogP contribution in [0.5, 0.6) is 11.5 Å². The van der Waals surface area contributed by atoms with Crippen molar-refractivity contribution in [1.29, 1.82) is 0 Å². The molecule has 2 aliphatic rings. The number of ether oxygens (including phenoxy) is 2. The highest BCUT2D eigenvalue weighted by molar-refractivity contribution is 5.88. The number of benzene rings is 1. The molecular formula is C32H34FN9O3. The lowest BCUT2D eigenvalue weighted by molar-refractivity contribution is 0.0116. The Morgan fingerprint density at radius 3 is 2.69 bits per heavy atom. The third kappa shape index (κ3) is 5.89. The molecule has 5 aromatic rings. The van der Waals surface area contributed by atoms with Crippen LogP contribution in [-0.4, -0.2) is 71.8 Å². The van der Waals surface area contributed by atoms with Crippen LogP contribution in [0.3, 0.4) is 0 Å². The van der Waals surface area contributed by atoms with Gasteiger partial charge in [-0.15, -0.1) is 0 Å². The molecule has 1 saturated heterocycles. The number of amides is 1. The molecule has 13 heteroatoms. The summed E-state index contributed by atoms with van der Waals surface area (Å²) in [5, 5.41) is 7.21. The van der Waals surface area contributed by atoms with Gasteiger partial charge in [-0.25, -0.2) is 33.6 Å². The summed E-state index contributed by atoms with van der Waals surface area (Å²) < 4.78 is 29.0. The number of halogens is 1. The number of rotatable bonds is 6. The van der Waals surface area contributed by atoms with Crippen LogP contribution in [0.15, 0.2) is 55.2 Å². The predicted octanol–water partition coefficient (Wildman–Crippen LogP) is 5.89. The number of fused-ring (bicyclic) bond motifs is 2. The number of hydrogen-bond donors (Lipinski definition) is 1. The molecule has 5 heterocycles. The van der Waals surface area contributed by atoms with Crippen molar-refractivity contribution in [3.05, 3.63) is 66.6 Å². The zero-order valence-electron chi connectivity index (χ0n) is 25.6. The molecule has 0 bridgehead atoms. The molecule has 0 spiro atoms. The van der Waals surface area contributed by atoms with Gasteiger partial charge >= 0.3 is 6.09 Å². The van der Waals surface area contributed by atoms with Crippen LogP contribution in [-0.2, 0) is 4.74 Å². The minimum absolute atomic E-state index is 0.0480. The maximum atomic E-state index is 15.7. The Bertz CT molecular complexity index is 1900. The Kier molecular flexibility index (Phi) is 7.10. The van der Waals surface area contributed by atoms with Crippen molar-refractivity contribution < 1.29 is 18.7 Å². The predicted molar refractivity (Wildman–Crippen MR) is 166 cm³/mol. The summed E-state index contributed by atoms with van der Waals surface area (Å²) in [4.78, 5) is 34.9. The smallest absolute Gasteiger partial charge is 0.410 e. The Hall–Kier alpha value is -5.07. The molecule has 4 aromatic heterocycles. The van der Waals surface area contributed by atoms with Gasteiger partial charge in [0.2, 0.25) is 0 Å². The molecule has 1 unspecified atom stereocenters. The molecule has 1 atom stereocenters. The summed E-state index contributed by atoms with van der Waals surface area (Å²) in [6.07, 6.45) is 6.53. The first kappa shape index (κ1) is 28.7. The number of carbonyl (C=O) groups is 1. The van der Waals surface area contributed by atoms with Crippen LogP contribution in [0.2, 0.25) is 0 Å². The second-order valence-corrected chi connectivity index (χ2v) is 12.5. The number of aromatic nitrogens is 6. The average Bonchev–Trinajstić information content (AvgIpc) is 3.76. The van der Waals surface area contributed by atoms with E-state index in [1.54, 1.807) is 41.9 Å². The summed E-state index contributed by atoms with van der Waals surface area (Å²) in [5.74, 6) is 2.02. The summed E-state index contributed by atoms with van der Waals surface area (Å²) in [5.41, 5.74) is 1.79. The molecule has 1 amide bonds. The Morgan fingerprint density at radius 2 is 1.89 bits per heavy atom. The van der Waals surface area contributed by atoms with Gasteiger partial charge in [-0.1, -0.05) is 0 Å². The molecule has 1 aliphatic carbocycles. The minimum atomic E-state index is -0.551. The van der Waals surface area contributed by atoms with E-state index >= 15 is 4.39 Å². The number of anilines is 3. The molecule has 1 N–H and O–H groups in total. The van der Waals surface area contributed by atoms with Gasteiger partial charge in [0.25, 0.3) is 0 Å². The van der Waals surface area contributed by atoms with E-state index in [4.69, 9.17) is 14.5 Å². The normalized spacial score (nSPS) is 17.1. The molecule has 0 radical (unpaired) electrons. The van der Waals surface area contributed by atoms with Crippen LogP contribution < -0.4 is 15.0 Å². The van der Waals surface area contributed by atoms with Gasteiger partial charge in [0.15, 0.2) is 17.3 Å². The summed E-state index contributed by atoms with van der Waals surface area (Å²) >= 11 is 0. The van der Waals surface area contributed by atoms with Crippen molar-refractivity contribution in [2.75, 3.05) is 29.9 Å². The average molecular weight is 612 g/mol. The van der Waals surface area contributed by atoms with E-state index in [0.717, 1.165) is 18.7 Å². The zero-order chi connectivity index (χ0) is 31.3. The topological polar surface area (TPSA) is 123 Å². The van der Waals surface area contributed by atoms with E-state index in [0.29, 0.717) is 65.1 Å². The monoisotopic (exact) mass is 611 g/mol. The SMILES string of the molecule is Cc1c(Oc2ccn3ncnc3c2)ccc(Nc2ncnc3ccc(N4CCN(C(=O)OC(C)(C)C)C(C5CC5)C4)nc23)c1F. The van der Waals surface area contributed by atoms with E-state index in [-0.39, 0.29) is 17.8 Å². The number of pyridine rings is 2. The van der Waals surface area contributed by atoms with Crippen molar-refractivity contribution in [3.63, 3.8) is 0 Å². The fourth-order valence-electron chi connectivity index (χ4n) is 5.64. The Morgan fingerprint density at radius 1 is 1.04 bits per heavy atom. The molecule has 2 fully saturated rings.